The molecule has 59 heavy (non-hydrogen) atoms. The number of hydrogen-bond acceptors (Lipinski definition) is 8. The van der Waals surface area contributed by atoms with Crippen molar-refractivity contribution in [1.82, 2.24) is 0 Å². The van der Waals surface area contributed by atoms with E-state index in [0.717, 1.165) is 57.8 Å². The Kier molecular flexibility index (Phi) is 43.0. The summed E-state index contributed by atoms with van der Waals surface area (Å²) in [5.41, 5.74) is 5.35. The van der Waals surface area contributed by atoms with E-state index in [0.29, 0.717) is 6.42 Å². The van der Waals surface area contributed by atoms with Gasteiger partial charge in [0.2, 0.25) is 0 Å². The van der Waals surface area contributed by atoms with Crippen molar-refractivity contribution in [3.05, 3.63) is 72.9 Å². The minimum absolute atomic E-state index is 0.0397. The number of ether oxygens (including phenoxy) is 2. The van der Waals surface area contributed by atoms with Crippen molar-refractivity contribution >= 4 is 19.8 Å². The van der Waals surface area contributed by atoms with E-state index in [-0.39, 0.29) is 32.6 Å². The molecule has 340 valence electrons. The molecule has 0 amide bonds. The molecule has 0 aromatic heterocycles. The third kappa shape index (κ3) is 44.8. The lowest BCUT2D eigenvalue weighted by Crippen LogP contribution is -2.29. The van der Waals surface area contributed by atoms with Crippen molar-refractivity contribution in [2.24, 2.45) is 5.73 Å². The second kappa shape index (κ2) is 45.0. The highest BCUT2D eigenvalue weighted by Crippen LogP contribution is 2.43. The Morgan fingerprint density at radius 2 is 0.932 bits per heavy atom. The third-order valence-electron chi connectivity index (χ3n) is 9.62. The Bertz CT molecular complexity index is 1190. The smallest absolute Gasteiger partial charge is 0.462 e. The fraction of sp³-hybridized carbons (Fsp3) is 0.714. The number of carbonyl (C=O) groups is 2. The molecule has 0 aliphatic carbocycles. The summed E-state index contributed by atoms with van der Waals surface area (Å²) in [6.07, 6.45) is 55.2. The van der Waals surface area contributed by atoms with Gasteiger partial charge in [0.25, 0.3) is 0 Å². The summed E-state index contributed by atoms with van der Waals surface area (Å²) in [5, 5.41) is 0. The Morgan fingerprint density at radius 3 is 1.36 bits per heavy atom. The van der Waals surface area contributed by atoms with Crippen LogP contribution in [0.5, 0.6) is 0 Å². The number of rotatable bonds is 43. The minimum Gasteiger partial charge on any atom is -0.462 e. The second-order valence-corrected chi connectivity index (χ2v) is 16.7. The van der Waals surface area contributed by atoms with Gasteiger partial charge in [-0.05, 0) is 51.4 Å². The molecule has 10 heteroatoms. The van der Waals surface area contributed by atoms with Gasteiger partial charge in [0.05, 0.1) is 13.2 Å². The molecule has 0 aliphatic rings. The quantitative estimate of drug-likeness (QED) is 0.0266. The number of phosphoric ester groups is 1. The van der Waals surface area contributed by atoms with Crippen LogP contribution < -0.4 is 5.73 Å². The second-order valence-electron chi connectivity index (χ2n) is 15.2. The molecule has 9 nitrogen and oxygen atoms in total. The van der Waals surface area contributed by atoms with Crippen molar-refractivity contribution < 1.29 is 37.6 Å². The first kappa shape index (κ1) is 56.5. The normalized spacial score (nSPS) is 13.9. The van der Waals surface area contributed by atoms with Gasteiger partial charge in [0, 0.05) is 19.4 Å². The van der Waals surface area contributed by atoms with E-state index in [2.05, 4.69) is 74.6 Å². The number of allylic oxidation sites excluding steroid dienone is 12. The molecule has 0 saturated heterocycles. The maximum Gasteiger partial charge on any atom is 0.472 e. The molecule has 1 unspecified atom stereocenters. The first-order valence-corrected chi connectivity index (χ1v) is 24.9. The molecule has 0 spiro atoms. The standard InChI is InChI=1S/C49H86NO8P/c1-3-5-7-9-11-13-15-17-19-21-23-25-27-29-31-33-35-37-39-41-48(51)55-45-47(46-57-59(53,54)56-44-43-50)58-49(52)42-40-38-36-34-32-30-28-26-24-22-20-18-16-14-12-10-8-6-4-2/h6,8,12,14,18,20,24,26,30,32,36,38,47H,3-5,7,9-11,13,15-17,19,21-23,25,27-29,31,33-35,37,39-46,50H2,1-2H3,(H,53,54)/b8-6+,14-12+,20-18+,26-24+,32-30+,38-36+/t47-/m1/s1. The first-order chi connectivity index (χ1) is 28.8. The summed E-state index contributed by atoms with van der Waals surface area (Å²) >= 11 is 0. The molecule has 0 bridgehead atoms. The largest absolute Gasteiger partial charge is 0.472 e. The van der Waals surface area contributed by atoms with Gasteiger partial charge in [-0.15, -0.1) is 0 Å². The van der Waals surface area contributed by atoms with Gasteiger partial charge in [-0.25, -0.2) is 4.57 Å². The molecule has 0 saturated carbocycles. The summed E-state index contributed by atoms with van der Waals surface area (Å²) < 4.78 is 32.8. The van der Waals surface area contributed by atoms with Gasteiger partial charge in [-0.1, -0.05) is 202 Å². The molecule has 0 aromatic rings. The molecule has 0 aliphatic heterocycles. The summed E-state index contributed by atoms with van der Waals surface area (Å²) in [5.74, 6) is -0.925. The van der Waals surface area contributed by atoms with Gasteiger partial charge < -0.3 is 20.1 Å². The van der Waals surface area contributed by atoms with Gasteiger partial charge >= 0.3 is 19.8 Å². The van der Waals surface area contributed by atoms with Crippen LogP contribution in [0.4, 0.5) is 0 Å². The van der Waals surface area contributed by atoms with Crippen LogP contribution in [0.2, 0.25) is 0 Å². The fourth-order valence-electron chi connectivity index (χ4n) is 6.19. The number of hydrogen-bond donors (Lipinski definition) is 2. The van der Waals surface area contributed by atoms with Crippen molar-refractivity contribution in [3.63, 3.8) is 0 Å². The van der Waals surface area contributed by atoms with E-state index in [1.165, 1.54) is 103 Å². The van der Waals surface area contributed by atoms with E-state index < -0.39 is 32.5 Å². The molecule has 0 heterocycles. The SMILES string of the molecule is CC/C=C/C/C=C/C/C=C/C/C=C/C/C=C/C/C=C/CCC(=O)O[C@H](COC(=O)CCCCCCCCCCCCCCCCCCCCC)COP(=O)(O)OCCN. The predicted octanol–water partition coefficient (Wildman–Crippen LogP) is 13.8. The molecule has 0 aromatic carbocycles. The number of nitrogens with two attached hydrogens (primary N) is 1. The average molecular weight is 848 g/mol. The molecule has 0 radical (unpaired) electrons. The van der Waals surface area contributed by atoms with Gasteiger partial charge in [-0.3, -0.25) is 18.6 Å². The number of esters is 2. The molecule has 3 N–H and O–H groups in total. The lowest BCUT2D eigenvalue weighted by molar-refractivity contribution is -0.161. The highest BCUT2D eigenvalue weighted by atomic mass is 31.2. The number of phosphoric acid groups is 1. The van der Waals surface area contributed by atoms with Crippen LogP contribution in [-0.2, 0) is 32.7 Å². The van der Waals surface area contributed by atoms with Crippen molar-refractivity contribution in [3.8, 4) is 0 Å². The van der Waals surface area contributed by atoms with Gasteiger partial charge in [-0.2, -0.15) is 0 Å². The number of carbonyl (C=O) groups excluding carboxylic acids is 2. The molecule has 0 rings (SSSR count). The average Bonchev–Trinajstić information content (AvgIpc) is 3.22. The Balaban J connectivity index is 4.21. The molecule has 2 atom stereocenters. The van der Waals surface area contributed by atoms with Crippen LogP contribution in [0.3, 0.4) is 0 Å². The lowest BCUT2D eigenvalue weighted by atomic mass is 10.0. The predicted molar refractivity (Wildman–Crippen MR) is 247 cm³/mol. The van der Waals surface area contributed by atoms with E-state index in [1.54, 1.807) is 0 Å². The topological polar surface area (TPSA) is 134 Å². The summed E-state index contributed by atoms with van der Waals surface area (Å²) in [6, 6.07) is 0. The van der Waals surface area contributed by atoms with Gasteiger partial charge in [0.1, 0.15) is 6.61 Å². The Labute approximate surface area is 361 Å². The van der Waals surface area contributed by atoms with E-state index in [1.807, 2.05) is 12.2 Å². The van der Waals surface area contributed by atoms with E-state index in [9.17, 15) is 19.0 Å². The highest BCUT2D eigenvalue weighted by molar-refractivity contribution is 7.47. The maximum absolute atomic E-state index is 12.6. The fourth-order valence-corrected chi connectivity index (χ4v) is 6.96. The molecular formula is C49H86NO8P. The van der Waals surface area contributed by atoms with Crippen molar-refractivity contribution in [2.75, 3.05) is 26.4 Å². The summed E-state index contributed by atoms with van der Waals surface area (Å²) in [7, 11) is -4.40. The third-order valence-corrected chi connectivity index (χ3v) is 10.6. The van der Waals surface area contributed by atoms with Crippen LogP contribution in [0.15, 0.2) is 72.9 Å². The zero-order chi connectivity index (χ0) is 43.2. The van der Waals surface area contributed by atoms with Crippen molar-refractivity contribution in [1.29, 1.82) is 0 Å². The zero-order valence-corrected chi connectivity index (χ0v) is 38.4. The minimum atomic E-state index is -4.40. The number of unbranched alkanes of at least 4 members (excludes halogenated alkanes) is 18. The van der Waals surface area contributed by atoms with E-state index in [4.69, 9.17) is 24.3 Å². The Hall–Kier alpha value is -2.55. The van der Waals surface area contributed by atoms with Crippen LogP contribution in [0, 0.1) is 0 Å². The van der Waals surface area contributed by atoms with Crippen LogP contribution in [-0.4, -0.2) is 49.3 Å². The summed E-state index contributed by atoms with van der Waals surface area (Å²) in [6.45, 7) is 3.54. The van der Waals surface area contributed by atoms with Crippen molar-refractivity contribution in [2.45, 2.75) is 200 Å². The van der Waals surface area contributed by atoms with Crippen LogP contribution in [0.1, 0.15) is 194 Å². The van der Waals surface area contributed by atoms with E-state index >= 15 is 0 Å². The lowest BCUT2D eigenvalue weighted by Gasteiger charge is -2.19. The molecular weight excluding hydrogens is 762 g/mol. The maximum atomic E-state index is 12.6. The van der Waals surface area contributed by atoms with Crippen LogP contribution >= 0.6 is 7.82 Å². The zero-order valence-electron chi connectivity index (χ0n) is 37.5. The first-order valence-electron chi connectivity index (χ1n) is 23.4. The Morgan fingerprint density at radius 1 is 0.525 bits per heavy atom. The highest BCUT2D eigenvalue weighted by Gasteiger charge is 2.25. The summed E-state index contributed by atoms with van der Waals surface area (Å²) in [4.78, 5) is 34.9. The van der Waals surface area contributed by atoms with Gasteiger partial charge in [0.15, 0.2) is 6.10 Å². The monoisotopic (exact) mass is 848 g/mol. The van der Waals surface area contributed by atoms with Crippen LogP contribution in [0.25, 0.3) is 0 Å². The molecule has 0 fully saturated rings.